The normalized spacial score (nSPS) is 33.2. The highest BCUT2D eigenvalue weighted by molar-refractivity contribution is 5.80. The Morgan fingerprint density at radius 1 is 1.17 bits per heavy atom. The summed E-state index contributed by atoms with van der Waals surface area (Å²) in [5, 5.41) is 0. The number of nitrogens with two attached hydrogens (primary N) is 1. The van der Waals surface area contributed by atoms with Gasteiger partial charge in [-0.25, -0.2) is 0 Å². The fourth-order valence-electron chi connectivity index (χ4n) is 5.11. The molecule has 3 fully saturated rings. The summed E-state index contributed by atoms with van der Waals surface area (Å²) >= 11 is 0. The molecule has 2 saturated carbocycles. The molecule has 1 saturated heterocycles. The summed E-state index contributed by atoms with van der Waals surface area (Å²) in [6.07, 6.45) is 3.63. The Kier molecular flexibility index (Phi) is 4.35. The fraction of sp³-hybridized carbons (Fsp3) is 0.650. The SMILES string of the molecule is Cc1cccc(CN2CCN(C(=O)C3C4CCC(C4)C3N)CC2)c1. The number of fused-ring (bicyclic) bond motifs is 2. The zero-order valence-electron chi connectivity index (χ0n) is 14.7. The van der Waals surface area contributed by atoms with Crippen LogP contribution >= 0.6 is 0 Å². The lowest BCUT2D eigenvalue weighted by Crippen LogP contribution is -2.53. The smallest absolute Gasteiger partial charge is 0.227 e. The van der Waals surface area contributed by atoms with Crippen LogP contribution in [-0.4, -0.2) is 47.9 Å². The van der Waals surface area contributed by atoms with Crippen molar-refractivity contribution in [2.24, 2.45) is 23.5 Å². The van der Waals surface area contributed by atoms with Crippen molar-refractivity contribution >= 4 is 5.91 Å². The predicted molar refractivity (Wildman–Crippen MR) is 95.3 cm³/mol. The second kappa shape index (κ2) is 6.49. The van der Waals surface area contributed by atoms with Crippen LogP contribution in [0, 0.1) is 24.7 Å². The number of aryl methyl sites for hydroxylation is 1. The Morgan fingerprint density at radius 2 is 1.92 bits per heavy atom. The largest absolute Gasteiger partial charge is 0.340 e. The molecule has 4 unspecified atom stereocenters. The monoisotopic (exact) mass is 327 g/mol. The average Bonchev–Trinajstić information content (AvgIpc) is 3.16. The van der Waals surface area contributed by atoms with Crippen LogP contribution in [-0.2, 0) is 11.3 Å². The quantitative estimate of drug-likeness (QED) is 0.924. The third kappa shape index (κ3) is 2.98. The van der Waals surface area contributed by atoms with Gasteiger partial charge in [0.15, 0.2) is 0 Å². The zero-order chi connectivity index (χ0) is 16.7. The number of amides is 1. The van der Waals surface area contributed by atoms with Crippen molar-refractivity contribution in [3.8, 4) is 0 Å². The minimum absolute atomic E-state index is 0.104. The molecule has 0 radical (unpaired) electrons. The van der Waals surface area contributed by atoms with Gasteiger partial charge in [-0.05, 0) is 43.6 Å². The van der Waals surface area contributed by atoms with Crippen molar-refractivity contribution in [1.29, 1.82) is 0 Å². The van der Waals surface area contributed by atoms with E-state index in [4.69, 9.17) is 5.73 Å². The Bertz CT molecular complexity index is 607. The first-order valence-electron chi connectivity index (χ1n) is 9.44. The summed E-state index contributed by atoms with van der Waals surface area (Å²) in [5.41, 5.74) is 9.03. The number of piperazine rings is 1. The van der Waals surface area contributed by atoms with E-state index in [-0.39, 0.29) is 12.0 Å². The summed E-state index contributed by atoms with van der Waals surface area (Å²) in [4.78, 5) is 17.5. The fourth-order valence-corrected chi connectivity index (χ4v) is 5.11. The molecule has 2 aliphatic carbocycles. The number of carbonyl (C=O) groups is 1. The summed E-state index contributed by atoms with van der Waals surface area (Å²) < 4.78 is 0. The van der Waals surface area contributed by atoms with Crippen LogP contribution in [0.2, 0.25) is 0 Å². The van der Waals surface area contributed by atoms with Gasteiger partial charge in [0, 0.05) is 38.8 Å². The maximum Gasteiger partial charge on any atom is 0.227 e. The van der Waals surface area contributed by atoms with Crippen molar-refractivity contribution in [1.82, 2.24) is 9.80 Å². The van der Waals surface area contributed by atoms with E-state index in [0.717, 1.165) is 32.7 Å². The molecule has 3 aliphatic rings. The molecular formula is C20H29N3O. The molecule has 4 nitrogen and oxygen atoms in total. The number of nitrogens with zero attached hydrogens (tertiary/aromatic N) is 2. The van der Waals surface area contributed by atoms with Gasteiger partial charge in [-0.1, -0.05) is 29.8 Å². The van der Waals surface area contributed by atoms with Gasteiger partial charge in [0.05, 0.1) is 5.92 Å². The van der Waals surface area contributed by atoms with Crippen LogP contribution in [0.3, 0.4) is 0 Å². The van der Waals surface area contributed by atoms with Crippen molar-refractivity contribution in [3.05, 3.63) is 35.4 Å². The molecule has 0 spiro atoms. The van der Waals surface area contributed by atoms with E-state index < -0.39 is 0 Å². The van der Waals surface area contributed by atoms with E-state index in [9.17, 15) is 4.79 Å². The maximum atomic E-state index is 12.9. The summed E-state index contributed by atoms with van der Waals surface area (Å²) in [6.45, 7) is 6.76. The Morgan fingerprint density at radius 3 is 2.58 bits per heavy atom. The molecule has 4 heteroatoms. The van der Waals surface area contributed by atoms with Gasteiger partial charge < -0.3 is 10.6 Å². The van der Waals surface area contributed by atoms with Crippen molar-refractivity contribution in [2.45, 2.75) is 38.8 Å². The van der Waals surface area contributed by atoms with Crippen LogP contribution in [0.25, 0.3) is 0 Å². The molecule has 2 bridgehead atoms. The number of rotatable bonds is 3. The van der Waals surface area contributed by atoms with E-state index in [0.29, 0.717) is 17.7 Å². The molecule has 1 aromatic carbocycles. The van der Waals surface area contributed by atoms with Crippen LogP contribution < -0.4 is 5.73 Å². The molecule has 0 aromatic heterocycles. The van der Waals surface area contributed by atoms with E-state index in [1.807, 2.05) is 0 Å². The average molecular weight is 327 g/mol. The number of carbonyl (C=O) groups excluding carboxylic acids is 1. The highest BCUT2D eigenvalue weighted by Crippen LogP contribution is 2.48. The first kappa shape index (κ1) is 16.1. The van der Waals surface area contributed by atoms with Crippen molar-refractivity contribution < 1.29 is 4.79 Å². The second-order valence-electron chi connectivity index (χ2n) is 8.03. The Labute approximate surface area is 145 Å². The summed E-state index contributed by atoms with van der Waals surface area (Å²) in [5.74, 6) is 1.60. The van der Waals surface area contributed by atoms with E-state index >= 15 is 0 Å². The molecular weight excluding hydrogens is 298 g/mol. The lowest BCUT2D eigenvalue weighted by Gasteiger charge is -2.38. The lowest BCUT2D eigenvalue weighted by molar-refractivity contribution is -0.139. The number of benzene rings is 1. The second-order valence-corrected chi connectivity index (χ2v) is 8.03. The first-order valence-corrected chi connectivity index (χ1v) is 9.44. The zero-order valence-corrected chi connectivity index (χ0v) is 14.7. The highest BCUT2D eigenvalue weighted by Gasteiger charge is 2.50. The third-order valence-corrected chi connectivity index (χ3v) is 6.44. The van der Waals surface area contributed by atoms with Gasteiger partial charge in [0.2, 0.25) is 5.91 Å². The summed E-state index contributed by atoms with van der Waals surface area (Å²) in [6, 6.07) is 8.83. The lowest BCUT2D eigenvalue weighted by atomic mass is 9.84. The van der Waals surface area contributed by atoms with Crippen LogP contribution in [0.15, 0.2) is 24.3 Å². The maximum absolute atomic E-state index is 12.9. The van der Waals surface area contributed by atoms with Gasteiger partial charge in [0.1, 0.15) is 0 Å². The molecule has 2 N–H and O–H groups in total. The molecule has 1 aliphatic heterocycles. The van der Waals surface area contributed by atoms with E-state index in [1.54, 1.807) is 0 Å². The molecule has 1 amide bonds. The highest BCUT2D eigenvalue weighted by atomic mass is 16.2. The molecule has 1 aromatic rings. The van der Waals surface area contributed by atoms with Crippen LogP contribution in [0.5, 0.6) is 0 Å². The Balaban J connectivity index is 1.32. The first-order chi connectivity index (χ1) is 11.6. The predicted octanol–water partition coefficient (Wildman–Crippen LogP) is 2.01. The van der Waals surface area contributed by atoms with E-state index in [1.165, 1.54) is 30.4 Å². The van der Waals surface area contributed by atoms with Crippen molar-refractivity contribution in [3.63, 3.8) is 0 Å². The van der Waals surface area contributed by atoms with Crippen LogP contribution in [0.1, 0.15) is 30.4 Å². The minimum Gasteiger partial charge on any atom is -0.340 e. The molecule has 4 atom stereocenters. The Hall–Kier alpha value is -1.39. The number of hydrogen-bond donors (Lipinski definition) is 1. The van der Waals surface area contributed by atoms with Gasteiger partial charge in [-0.3, -0.25) is 9.69 Å². The van der Waals surface area contributed by atoms with Gasteiger partial charge >= 0.3 is 0 Å². The van der Waals surface area contributed by atoms with Gasteiger partial charge in [-0.15, -0.1) is 0 Å². The number of hydrogen-bond acceptors (Lipinski definition) is 3. The third-order valence-electron chi connectivity index (χ3n) is 6.44. The summed E-state index contributed by atoms with van der Waals surface area (Å²) in [7, 11) is 0. The standard InChI is InChI=1S/C20H29N3O/c1-14-3-2-4-15(11-14)13-22-7-9-23(10-8-22)20(24)18-16-5-6-17(12-16)19(18)21/h2-4,11,16-19H,5-10,12-13,21H2,1H3. The minimum atomic E-state index is 0.104. The molecule has 4 rings (SSSR count). The molecule has 1 heterocycles. The topological polar surface area (TPSA) is 49.6 Å². The van der Waals surface area contributed by atoms with Gasteiger partial charge in [0.25, 0.3) is 0 Å². The molecule has 130 valence electrons. The van der Waals surface area contributed by atoms with Crippen LogP contribution in [0.4, 0.5) is 0 Å². The van der Waals surface area contributed by atoms with E-state index in [2.05, 4.69) is 41.0 Å². The van der Waals surface area contributed by atoms with Gasteiger partial charge in [-0.2, -0.15) is 0 Å². The molecule has 24 heavy (non-hydrogen) atoms. The van der Waals surface area contributed by atoms with Crippen molar-refractivity contribution in [2.75, 3.05) is 26.2 Å².